The van der Waals surface area contributed by atoms with Gasteiger partial charge < -0.3 is 49.9 Å². The van der Waals surface area contributed by atoms with E-state index in [4.69, 9.17) is 24.2 Å². The number of nitrogens with one attached hydrogen (secondary N) is 5. The Hall–Kier alpha value is -6.69. The summed E-state index contributed by atoms with van der Waals surface area (Å²) < 4.78 is 15.7. The van der Waals surface area contributed by atoms with Crippen LogP contribution in [0.4, 0.5) is 9.59 Å². The molecule has 6 heterocycles. The molecule has 2 fully saturated rings. The largest absolute Gasteiger partial charge is 0.464 e. The maximum atomic E-state index is 13.7. The standard InChI is InChI=1S/C48H57N9O8S/c1-25(2)37(54-47(61)64-6)44(58)56-20-8-10-34(56)42-49-22-32(51-42)28-14-12-27(13-15-28)31-24-66-41-36(40(46(60)63-5)53-39(31)41)30-18-16-29(17-19-30)33-23-50-43(52-33)35-11-9-21-57(35)45(59)38(26(3)4)55-48(62)65-7/h12-19,23-26,32,34-35,37-38,53H,8-11,20-22H2,1-7H3,(H,49,51)(H,50,52)(H,54,61)(H,55,62)/t32?,34?,35?,37-,38-/m0/s1. The predicted octanol–water partition coefficient (Wildman–Crippen LogP) is 7.20. The van der Waals surface area contributed by atoms with Crippen LogP contribution in [0.2, 0.25) is 0 Å². The summed E-state index contributed by atoms with van der Waals surface area (Å²) in [4.78, 5) is 84.7. The first-order valence-electron chi connectivity index (χ1n) is 22.4. The van der Waals surface area contributed by atoms with Gasteiger partial charge in [-0.25, -0.2) is 19.4 Å². The number of imidazole rings is 1. The van der Waals surface area contributed by atoms with Crippen molar-refractivity contribution in [2.45, 2.75) is 83.6 Å². The van der Waals surface area contributed by atoms with E-state index in [1.165, 1.54) is 21.3 Å². The highest BCUT2D eigenvalue weighted by Crippen LogP contribution is 2.43. The van der Waals surface area contributed by atoms with E-state index in [0.29, 0.717) is 36.8 Å². The number of aromatic nitrogens is 3. The van der Waals surface area contributed by atoms with Crippen molar-refractivity contribution in [3.05, 3.63) is 77.2 Å². The van der Waals surface area contributed by atoms with Gasteiger partial charge in [-0.15, -0.1) is 11.3 Å². The van der Waals surface area contributed by atoms with Crippen LogP contribution in [0.25, 0.3) is 43.7 Å². The molecule has 18 heteroatoms. The second-order valence-corrected chi connectivity index (χ2v) is 18.5. The summed E-state index contributed by atoms with van der Waals surface area (Å²) in [7, 11) is 3.94. The van der Waals surface area contributed by atoms with E-state index in [2.05, 4.69) is 55.6 Å². The van der Waals surface area contributed by atoms with Gasteiger partial charge in [0.25, 0.3) is 0 Å². The number of aromatic amines is 2. The van der Waals surface area contributed by atoms with Crippen LogP contribution >= 0.6 is 11.3 Å². The fourth-order valence-corrected chi connectivity index (χ4v) is 10.4. The van der Waals surface area contributed by atoms with Crippen molar-refractivity contribution in [3.63, 3.8) is 0 Å². The molecule has 8 rings (SSSR count). The number of thiophene rings is 1. The number of rotatable bonds is 13. The predicted molar refractivity (Wildman–Crippen MR) is 251 cm³/mol. The van der Waals surface area contributed by atoms with Gasteiger partial charge >= 0.3 is 18.2 Å². The van der Waals surface area contributed by atoms with Gasteiger partial charge in [-0.05, 0) is 54.2 Å². The molecule has 0 spiro atoms. The maximum Gasteiger partial charge on any atom is 0.407 e. The summed E-state index contributed by atoms with van der Waals surface area (Å²) >= 11 is 1.55. The van der Waals surface area contributed by atoms with Gasteiger partial charge in [-0.1, -0.05) is 76.2 Å². The normalized spacial score (nSPS) is 19.2. The third kappa shape index (κ3) is 8.97. The first kappa shape index (κ1) is 45.9. The number of H-pyrrole nitrogens is 2. The number of alkyl carbamates (subject to hydrolysis) is 2. The van der Waals surface area contributed by atoms with Crippen LogP contribution in [0, 0.1) is 11.8 Å². The molecule has 5 aromatic rings. The van der Waals surface area contributed by atoms with Crippen LogP contribution < -0.4 is 16.0 Å². The highest BCUT2D eigenvalue weighted by molar-refractivity contribution is 7.18. The van der Waals surface area contributed by atoms with Crippen molar-refractivity contribution in [1.29, 1.82) is 0 Å². The third-order valence-electron chi connectivity index (χ3n) is 12.9. The van der Waals surface area contributed by atoms with Gasteiger partial charge in [0, 0.05) is 41.4 Å². The number of hydrogen-bond donors (Lipinski definition) is 5. The van der Waals surface area contributed by atoms with Crippen LogP contribution in [0.5, 0.6) is 0 Å². The molecule has 3 aromatic heterocycles. The first-order valence-corrected chi connectivity index (χ1v) is 23.3. The molecular formula is C48H57N9O8S. The number of benzene rings is 2. The number of aliphatic imine (C=N–C) groups is 1. The number of likely N-dealkylation sites (tertiary alicyclic amines) is 2. The third-order valence-corrected chi connectivity index (χ3v) is 13.8. The Balaban J connectivity index is 0.971. The van der Waals surface area contributed by atoms with Gasteiger partial charge in [-0.3, -0.25) is 14.6 Å². The van der Waals surface area contributed by atoms with Gasteiger partial charge in [-0.2, -0.15) is 0 Å². The molecule has 0 saturated carbocycles. The lowest BCUT2D eigenvalue weighted by molar-refractivity contribution is -0.135. The van der Waals surface area contributed by atoms with E-state index in [1.807, 2.05) is 63.1 Å². The molecule has 0 bridgehead atoms. The highest BCUT2D eigenvalue weighted by Gasteiger charge is 2.40. The number of esters is 1. The highest BCUT2D eigenvalue weighted by atomic mass is 32.1. The number of nitrogens with zero attached hydrogens (tertiary/aromatic N) is 4. The topological polar surface area (TPSA) is 212 Å². The number of carbonyl (C=O) groups excluding carboxylic acids is 5. The molecule has 17 nitrogen and oxygen atoms in total. The Kier molecular flexibility index (Phi) is 13.5. The number of methoxy groups -OCH3 is 3. The molecule has 348 valence electrons. The quantitative estimate of drug-likeness (QED) is 0.0592. The second-order valence-electron chi connectivity index (χ2n) is 17.6. The molecule has 66 heavy (non-hydrogen) atoms. The molecule has 5 atom stereocenters. The zero-order valence-corrected chi connectivity index (χ0v) is 39.0. The molecule has 4 amide bonds. The van der Waals surface area contributed by atoms with Crippen molar-refractivity contribution in [2.75, 3.05) is 41.0 Å². The summed E-state index contributed by atoms with van der Waals surface area (Å²) in [6.45, 7) is 9.25. The molecule has 3 aliphatic heterocycles. The molecule has 3 aliphatic rings. The summed E-state index contributed by atoms with van der Waals surface area (Å²) in [5, 5.41) is 11.1. The summed E-state index contributed by atoms with van der Waals surface area (Å²) in [6, 6.07) is 14.2. The van der Waals surface area contributed by atoms with E-state index < -0.39 is 30.2 Å². The number of carbonyl (C=O) groups is 5. The number of ether oxygens (including phenoxy) is 3. The Bertz CT molecular complexity index is 2630. The Morgan fingerprint density at radius 1 is 0.758 bits per heavy atom. The molecule has 2 aromatic carbocycles. The van der Waals surface area contributed by atoms with Crippen molar-refractivity contribution < 1.29 is 38.2 Å². The molecule has 0 radical (unpaired) electrons. The van der Waals surface area contributed by atoms with E-state index in [9.17, 15) is 24.0 Å². The van der Waals surface area contributed by atoms with Crippen LogP contribution in [-0.4, -0.2) is 120 Å². The minimum absolute atomic E-state index is 0.0665. The molecular weight excluding hydrogens is 863 g/mol. The Morgan fingerprint density at radius 2 is 1.33 bits per heavy atom. The number of amides is 4. The fraction of sp³-hybridized carbons (Fsp3) is 0.438. The minimum atomic E-state index is -0.724. The van der Waals surface area contributed by atoms with Crippen LogP contribution in [0.15, 0.2) is 65.1 Å². The van der Waals surface area contributed by atoms with Gasteiger partial charge in [0.05, 0.1) is 61.9 Å². The molecule has 2 saturated heterocycles. The van der Waals surface area contributed by atoms with Gasteiger partial charge in [0.1, 0.15) is 29.4 Å². The SMILES string of the molecule is COC(=O)N[C@H](C(=O)N1CCCC1C1=NCC(c2ccc(-c3csc4c(-c5ccc(-c6c[nH]c(C7CCCN7C(=O)[C@@H](NC(=O)OC)C(C)C)n6)cc5)c(C(=O)OC)[nH]c34)cc2)N1)C(C)C. The number of amidine groups is 1. The Morgan fingerprint density at radius 3 is 1.92 bits per heavy atom. The minimum Gasteiger partial charge on any atom is -0.464 e. The molecule has 5 N–H and O–H groups in total. The fourth-order valence-electron chi connectivity index (χ4n) is 9.30. The van der Waals surface area contributed by atoms with E-state index in [-0.39, 0.29) is 41.8 Å². The smallest absolute Gasteiger partial charge is 0.407 e. The zero-order chi connectivity index (χ0) is 46.8. The van der Waals surface area contributed by atoms with Gasteiger partial charge in [0.15, 0.2) is 0 Å². The first-order chi connectivity index (χ1) is 31.8. The monoisotopic (exact) mass is 919 g/mol. The summed E-state index contributed by atoms with van der Waals surface area (Å²) in [5.74, 6) is 0.414. The van der Waals surface area contributed by atoms with E-state index >= 15 is 0 Å². The number of hydrogen-bond acceptors (Lipinski definition) is 12. The van der Waals surface area contributed by atoms with Crippen molar-refractivity contribution in [2.24, 2.45) is 16.8 Å². The van der Waals surface area contributed by atoms with Crippen molar-refractivity contribution in [3.8, 4) is 33.5 Å². The van der Waals surface area contributed by atoms with Crippen LogP contribution in [0.1, 0.15) is 87.3 Å². The number of fused-ring (bicyclic) bond motifs is 1. The Labute approximate surface area is 387 Å². The lowest BCUT2D eigenvalue weighted by Gasteiger charge is -2.31. The molecule has 0 aliphatic carbocycles. The zero-order valence-electron chi connectivity index (χ0n) is 38.2. The van der Waals surface area contributed by atoms with Crippen LogP contribution in [0.3, 0.4) is 0 Å². The second kappa shape index (κ2) is 19.4. The molecule has 3 unspecified atom stereocenters. The maximum absolute atomic E-state index is 13.7. The lowest BCUT2D eigenvalue weighted by Crippen LogP contribution is -2.54. The van der Waals surface area contributed by atoms with Crippen LogP contribution in [-0.2, 0) is 23.8 Å². The average molecular weight is 920 g/mol. The summed E-state index contributed by atoms with van der Waals surface area (Å²) in [5.41, 5.74) is 7.34. The lowest BCUT2D eigenvalue weighted by atomic mass is 10.0. The van der Waals surface area contributed by atoms with E-state index in [1.54, 1.807) is 16.2 Å². The van der Waals surface area contributed by atoms with E-state index in [0.717, 1.165) is 75.1 Å². The van der Waals surface area contributed by atoms with Crippen molar-refractivity contribution >= 4 is 57.4 Å². The van der Waals surface area contributed by atoms with Crippen molar-refractivity contribution in [1.82, 2.24) is 40.7 Å². The van der Waals surface area contributed by atoms with Gasteiger partial charge in [0.2, 0.25) is 11.8 Å². The average Bonchev–Trinajstić information content (AvgIpc) is 4.19. The summed E-state index contributed by atoms with van der Waals surface area (Å²) in [6.07, 6.45) is 3.74.